The van der Waals surface area contributed by atoms with Crippen molar-refractivity contribution in [2.45, 2.75) is 6.42 Å². The van der Waals surface area contributed by atoms with Crippen LogP contribution in [0.3, 0.4) is 0 Å². The van der Waals surface area contributed by atoms with Gasteiger partial charge in [-0.25, -0.2) is 9.18 Å². The summed E-state index contributed by atoms with van der Waals surface area (Å²) in [5.41, 5.74) is 1.06. The number of carbonyl (C=O) groups is 2. The highest BCUT2D eigenvalue weighted by Gasteiger charge is 2.11. The fourth-order valence-electron chi connectivity index (χ4n) is 1.93. The Hall–Kier alpha value is -2.11. The fourth-order valence-corrected chi connectivity index (χ4v) is 2.46. The molecule has 0 unspecified atom stereocenters. The van der Waals surface area contributed by atoms with Crippen molar-refractivity contribution in [3.8, 4) is 0 Å². The van der Waals surface area contributed by atoms with E-state index in [1.165, 1.54) is 30.3 Å². The standard InChI is InChI=1S/C17H14Cl2FNO3/c18-13-7-12(8-14(19)9-13)17(23)24-10-16(22)21-6-5-11-1-3-15(20)4-2-11/h1-4,7-9H,5-6,10H2,(H,21,22). The number of benzene rings is 2. The number of hydrogen-bond donors (Lipinski definition) is 1. The number of carbonyl (C=O) groups excluding carboxylic acids is 2. The second kappa shape index (κ2) is 8.66. The average Bonchev–Trinajstić information content (AvgIpc) is 2.53. The summed E-state index contributed by atoms with van der Waals surface area (Å²) in [4.78, 5) is 23.5. The van der Waals surface area contributed by atoms with E-state index >= 15 is 0 Å². The smallest absolute Gasteiger partial charge is 0.338 e. The Labute approximate surface area is 148 Å². The fraction of sp³-hybridized carbons (Fsp3) is 0.176. The molecule has 24 heavy (non-hydrogen) atoms. The van der Waals surface area contributed by atoms with Gasteiger partial charge in [-0.05, 0) is 42.3 Å². The summed E-state index contributed by atoms with van der Waals surface area (Å²) in [5, 5.41) is 3.22. The first kappa shape index (κ1) is 18.2. The van der Waals surface area contributed by atoms with Crippen LogP contribution in [-0.2, 0) is 16.0 Å². The van der Waals surface area contributed by atoms with Crippen LogP contribution in [0.4, 0.5) is 4.39 Å². The molecule has 0 atom stereocenters. The molecule has 1 amide bonds. The Bertz CT molecular complexity index is 715. The normalized spacial score (nSPS) is 10.3. The molecule has 0 aliphatic carbocycles. The molecule has 0 saturated heterocycles. The SMILES string of the molecule is O=C(COC(=O)c1cc(Cl)cc(Cl)c1)NCCc1ccc(F)cc1. The summed E-state index contributed by atoms with van der Waals surface area (Å²) in [6, 6.07) is 10.3. The van der Waals surface area contributed by atoms with E-state index in [2.05, 4.69) is 5.32 Å². The van der Waals surface area contributed by atoms with Crippen molar-refractivity contribution in [3.05, 3.63) is 69.5 Å². The predicted molar refractivity (Wildman–Crippen MR) is 89.9 cm³/mol. The second-order valence-corrected chi connectivity index (χ2v) is 5.83. The summed E-state index contributed by atoms with van der Waals surface area (Å²) < 4.78 is 17.7. The van der Waals surface area contributed by atoms with Crippen LogP contribution in [-0.4, -0.2) is 25.0 Å². The summed E-state index contributed by atoms with van der Waals surface area (Å²) in [6.07, 6.45) is 0.546. The van der Waals surface area contributed by atoms with Crippen LogP contribution in [0.1, 0.15) is 15.9 Å². The monoisotopic (exact) mass is 369 g/mol. The first-order chi connectivity index (χ1) is 11.4. The Morgan fingerprint density at radius 3 is 2.29 bits per heavy atom. The highest BCUT2D eigenvalue weighted by atomic mass is 35.5. The van der Waals surface area contributed by atoms with Gasteiger partial charge in [0.05, 0.1) is 5.56 Å². The lowest BCUT2D eigenvalue weighted by molar-refractivity contribution is -0.124. The van der Waals surface area contributed by atoms with Crippen molar-refractivity contribution in [1.29, 1.82) is 0 Å². The van der Waals surface area contributed by atoms with Gasteiger partial charge in [0.2, 0.25) is 0 Å². The first-order valence-electron chi connectivity index (χ1n) is 7.08. The Morgan fingerprint density at radius 2 is 1.67 bits per heavy atom. The van der Waals surface area contributed by atoms with Crippen molar-refractivity contribution in [3.63, 3.8) is 0 Å². The summed E-state index contributed by atoms with van der Waals surface area (Å²) in [6.45, 7) is -0.0581. The maximum Gasteiger partial charge on any atom is 0.338 e. The predicted octanol–water partition coefficient (Wildman–Crippen LogP) is 3.65. The zero-order valence-electron chi connectivity index (χ0n) is 12.5. The third-order valence-corrected chi connectivity index (χ3v) is 3.52. The minimum absolute atomic E-state index is 0.173. The van der Waals surface area contributed by atoms with Gasteiger partial charge in [0.1, 0.15) is 5.82 Å². The van der Waals surface area contributed by atoms with E-state index in [1.54, 1.807) is 12.1 Å². The summed E-state index contributed by atoms with van der Waals surface area (Å²) in [5.74, 6) is -1.43. The van der Waals surface area contributed by atoms with Crippen LogP contribution in [0.15, 0.2) is 42.5 Å². The first-order valence-corrected chi connectivity index (χ1v) is 7.84. The zero-order valence-corrected chi connectivity index (χ0v) is 14.0. The van der Waals surface area contributed by atoms with Gasteiger partial charge in [-0.3, -0.25) is 4.79 Å². The molecule has 0 saturated carbocycles. The van der Waals surface area contributed by atoms with Gasteiger partial charge < -0.3 is 10.1 Å². The van der Waals surface area contributed by atoms with E-state index in [0.29, 0.717) is 23.0 Å². The molecular weight excluding hydrogens is 356 g/mol. The lowest BCUT2D eigenvalue weighted by Gasteiger charge is -2.07. The van der Waals surface area contributed by atoms with Crippen LogP contribution >= 0.6 is 23.2 Å². The number of hydrogen-bond acceptors (Lipinski definition) is 3. The van der Waals surface area contributed by atoms with Crippen LogP contribution in [0.5, 0.6) is 0 Å². The topological polar surface area (TPSA) is 55.4 Å². The van der Waals surface area contributed by atoms with Gasteiger partial charge in [-0.2, -0.15) is 0 Å². The van der Waals surface area contributed by atoms with Crippen molar-refractivity contribution < 1.29 is 18.7 Å². The van der Waals surface area contributed by atoms with E-state index in [0.717, 1.165) is 5.56 Å². The molecule has 2 rings (SSSR count). The molecule has 0 aliphatic heterocycles. The average molecular weight is 370 g/mol. The Kier molecular flexibility index (Phi) is 6.58. The van der Waals surface area contributed by atoms with E-state index in [9.17, 15) is 14.0 Å². The van der Waals surface area contributed by atoms with E-state index < -0.39 is 18.5 Å². The highest BCUT2D eigenvalue weighted by Crippen LogP contribution is 2.19. The van der Waals surface area contributed by atoms with Crippen molar-refractivity contribution in [2.75, 3.05) is 13.2 Å². The van der Waals surface area contributed by atoms with Gasteiger partial charge >= 0.3 is 5.97 Å². The number of esters is 1. The van der Waals surface area contributed by atoms with E-state index in [4.69, 9.17) is 27.9 Å². The number of halogens is 3. The summed E-state index contributed by atoms with van der Waals surface area (Å²) in [7, 11) is 0. The van der Waals surface area contributed by atoms with Crippen molar-refractivity contribution in [2.24, 2.45) is 0 Å². The van der Waals surface area contributed by atoms with Crippen LogP contribution in [0.2, 0.25) is 10.0 Å². The lowest BCUT2D eigenvalue weighted by atomic mass is 10.1. The van der Waals surface area contributed by atoms with Gasteiger partial charge in [0.25, 0.3) is 5.91 Å². The lowest BCUT2D eigenvalue weighted by Crippen LogP contribution is -2.30. The molecule has 126 valence electrons. The van der Waals surface area contributed by atoms with Crippen LogP contribution in [0, 0.1) is 5.82 Å². The molecule has 4 nitrogen and oxygen atoms in total. The zero-order chi connectivity index (χ0) is 17.5. The van der Waals surface area contributed by atoms with Crippen molar-refractivity contribution >= 4 is 35.1 Å². The number of nitrogens with one attached hydrogen (secondary N) is 1. The second-order valence-electron chi connectivity index (χ2n) is 4.96. The maximum atomic E-state index is 12.8. The van der Waals surface area contributed by atoms with Crippen LogP contribution < -0.4 is 5.32 Å². The molecule has 0 spiro atoms. The molecule has 0 aliphatic rings. The molecular formula is C17H14Cl2FNO3. The number of rotatable bonds is 6. The minimum Gasteiger partial charge on any atom is -0.452 e. The molecule has 2 aromatic rings. The number of ether oxygens (including phenoxy) is 1. The third kappa shape index (κ3) is 5.83. The molecule has 0 aromatic heterocycles. The Balaban J connectivity index is 1.74. The van der Waals surface area contributed by atoms with Crippen LogP contribution in [0.25, 0.3) is 0 Å². The highest BCUT2D eigenvalue weighted by molar-refractivity contribution is 6.35. The molecule has 0 bridgehead atoms. The van der Waals surface area contributed by atoms with E-state index in [1.807, 2.05) is 0 Å². The van der Waals surface area contributed by atoms with E-state index in [-0.39, 0.29) is 11.4 Å². The maximum absolute atomic E-state index is 12.8. The molecule has 2 aromatic carbocycles. The van der Waals surface area contributed by atoms with Gasteiger partial charge in [-0.15, -0.1) is 0 Å². The van der Waals surface area contributed by atoms with Gasteiger partial charge in [0, 0.05) is 16.6 Å². The largest absolute Gasteiger partial charge is 0.452 e. The van der Waals surface area contributed by atoms with Gasteiger partial charge in [-0.1, -0.05) is 35.3 Å². The third-order valence-electron chi connectivity index (χ3n) is 3.08. The minimum atomic E-state index is -0.687. The molecule has 0 radical (unpaired) electrons. The molecule has 1 N–H and O–H groups in total. The quantitative estimate of drug-likeness (QED) is 0.790. The van der Waals surface area contributed by atoms with Gasteiger partial charge in [0.15, 0.2) is 6.61 Å². The molecule has 0 heterocycles. The molecule has 7 heteroatoms. The summed E-state index contributed by atoms with van der Waals surface area (Å²) >= 11 is 11.6. The van der Waals surface area contributed by atoms with Crippen molar-refractivity contribution in [1.82, 2.24) is 5.32 Å². The number of amides is 1. The molecule has 0 fully saturated rings. The Morgan fingerprint density at radius 1 is 1.04 bits per heavy atom.